The van der Waals surface area contributed by atoms with Crippen molar-refractivity contribution in [2.45, 2.75) is 84.6 Å². The highest BCUT2D eigenvalue weighted by Crippen LogP contribution is 2.22. The van der Waals surface area contributed by atoms with Crippen LogP contribution in [0.3, 0.4) is 0 Å². The van der Waals surface area contributed by atoms with E-state index in [0.29, 0.717) is 6.04 Å². The highest BCUT2D eigenvalue weighted by atomic mass is 14.9. The van der Waals surface area contributed by atoms with Gasteiger partial charge in [0.05, 0.1) is 0 Å². The standard InChI is InChI=1S/C20H35N/c1-4-7-8-9-10-11-16-20(21-6-3)19-15-12-14-18(17-19)13-5-2/h12,14-15,17,20-21H,4-11,13,16H2,1-3H3. The van der Waals surface area contributed by atoms with Crippen LogP contribution in [0.15, 0.2) is 24.3 Å². The third-order valence-corrected chi connectivity index (χ3v) is 4.19. The largest absolute Gasteiger partial charge is 0.310 e. The zero-order valence-electron chi connectivity index (χ0n) is 14.5. The van der Waals surface area contributed by atoms with Crippen molar-refractivity contribution in [3.63, 3.8) is 0 Å². The molecule has 1 aromatic carbocycles. The molecule has 0 aromatic heterocycles. The third kappa shape index (κ3) is 7.66. The van der Waals surface area contributed by atoms with Gasteiger partial charge in [-0.1, -0.05) is 90.0 Å². The van der Waals surface area contributed by atoms with Gasteiger partial charge < -0.3 is 5.32 Å². The van der Waals surface area contributed by atoms with E-state index in [2.05, 4.69) is 50.4 Å². The summed E-state index contributed by atoms with van der Waals surface area (Å²) in [6.07, 6.45) is 12.0. The predicted octanol–water partition coefficient (Wildman–Crippen LogP) is 6.04. The lowest BCUT2D eigenvalue weighted by Crippen LogP contribution is -2.21. The van der Waals surface area contributed by atoms with E-state index in [1.165, 1.54) is 68.9 Å². The zero-order valence-corrected chi connectivity index (χ0v) is 14.5. The Morgan fingerprint density at radius 2 is 1.67 bits per heavy atom. The predicted molar refractivity (Wildman–Crippen MR) is 94.8 cm³/mol. The zero-order chi connectivity index (χ0) is 15.3. The number of hydrogen-bond donors (Lipinski definition) is 1. The molecule has 1 N–H and O–H groups in total. The molecular formula is C20H35N. The Labute approximate surface area is 132 Å². The molecule has 120 valence electrons. The molecule has 1 atom stereocenters. The number of rotatable bonds is 12. The fraction of sp³-hybridized carbons (Fsp3) is 0.700. The minimum absolute atomic E-state index is 0.540. The molecule has 0 amide bonds. The lowest BCUT2D eigenvalue weighted by Gasteiger charge is -2.19. The summed E-state index contributed by atoms with van der Waals surface area (Å²) < 4.78 is 0. The van der Waals surface area contributed by atoms with Crippen LogP contribution in [0.1, 0.15) is 89.3 Å². The maximum atomic E-state index is 3.67. The van der Waals surface area contributed by atoms with Gasteiger partial charge in [0, 0.05) is 6.04 Å². The second-order valence-corrected chi connectivity index (χ2v) is 6.16. The summed E-state index contributed by atoms with van der Waals surface area (Å²) in [4.78, 5) is 0. The Morgan fingerprint density at radius 1 is 0.905 bits per heavy atom. The van der Waals surface area contributed by atoms with Crippen molar-refractivity contribution in [1.29, 1.82) is 0 Å². The molecule has 0 radical (unpaired) electrons. The van der Waals surface area contributed by atoms with E-state index in [1.807, 2.05) is 0 Å². The van der Waals surface area contributed by atoms with E-state index in [-0.39, 0.29) is 0 Å². The molecule has 1 rings (SSSR count). The van der Waals surface area contributed by atoms with Gasteiger partial charge in [-0.3, -0.25) is 0 Å². The van der Waals surface area contributed by atoms with E-state index in [1.54, 1.807) is 0 Å². The molecule has 0 saturated carbocycles. The second kappa shape index (κ2) is 11.8. The van der Waals surface area contributed by atoms with Crippen molar-refractivity contribution in [3.8, 4) is 0 Å². The van der Waals surface area contributed by atoms with Gasteiger partial charge in [-0.15, -0.1) is 0 Å². The summed E-state index contributed by atoms with van der Waals surface area (Å²) in [6.45, 7) is 7.80. The summed E-state index contributed by atoms with van der Waals surface area (Å²) in [5.41, 5.74) is 2.97. The first-order valence-corrected chi connectivity index (χ1v) is 9.14. The average molecular weight is 290 g/mol. The molecule has 0 heterocycles. The van der Waals surface area contributed by atoms with Crippen molar-refractivity contribution >= 4 is 0 Å². The van der Waals surface area contributed by atoms with Crippen LogP contribution in [0, 0.1) is 0 Å². The van der Waals surface area contributed by atoms with Crippen molar-refractivity contribution in [2.75, 3.05) is 6.54 Å². The number of hydrogen-bond acceptors (Lipinski definition) is 1. The quantitative estimate of drug-likeness (QED) is 0.462. The number of unbranched alkanes of at least 4 members (excludes halogenated alkanes) is 5. The Bertz CT molecular complexity index is 359. The van der Waals surface area contributed by atoms with E-state index in [0.717, 1.165) is 6.54 Å². The van der Waals surface area contributed by atoms with Crippen LogP contribution in [0.4, 0.5) is 0 Å². The minimum Gasteiger partial charge on any atom is -0.310 e. The molecule has 0 spiro atoms. The molecule has 21 heavy (non-hydrogen) atoms. The maximum Gasteiger partial charge on any atom is 0.0320 e. The van der Waals surface area contributed by atoms with Gasteiger partial charge in [-0.25, -0.2) is 0 Å². The molecule has 1 nitrogen and oxygen atoms in total. The summed E-state index contributed by atoms with van der Waals surface area (Å²) in [7, 11) is 0. The van der Waals surface area contributed by atoms with Crippen LogP contribution < -0.4 is 5.32 Å². The van der Waals surface area contributed by atoms with E-state index in [4.69, 9.17) is 0 Å². The molecule has 1 heteroatoms. The molecule has 0 aliphatic rings. The van der Waals surface area contributed by atoms with Crippen LogP contribution >= 0.6 is 0 Å². The number of aryl methyl sites for hydroxylation is 1. The number of nitrogens with one attached hydrogen (secondary N) is 1. The van der Waals surface area contributed by atoms with Gasteiger partial charge in [-0.2, -0.15) is 0 Å². The molecular weight excluding hydrogens is 254 g/mol. The molecule has 0 bridgehead atoms. The first-order chi connectivity index (χ1) is 10.3. The summed E-state index contributed by atoms with van der Waals surface area (Å²) in [5.74, 6) is 0. The molecule has 1 aromatic rings. The maximum absolute atomic E-state index is 3.67. The van der Waals surface area contributed by atoms with Gasteiger partial charge in [0.2, 0.25) is 0 Å². The van der Waals surface area contributed by atoms with Crippen LogP contribution in [0.25, 0.3) is 0 Å². The first-order valence-electron chi connectivity index (χ1n) is 9.14. The molecule has 1 unspecified atom stereocenters. The smallest absolute Gasteiger partial charge is 0.0320 e. The fourth-order valence-electron chi connectivity index (χ4n) is 3.02. The Hall–Kier alpha value is -0.820. The highest BCUT2D eigenvalue weighted by Gasteiger charge is 2.10. The molecule has 0 aliphatic carbocycles. The van der Waals surface area contributed by atoms with Crippen molar-refractivity contribution in [1.82, 2.24) is 5.32 Å². The summed E-state index contributed by atoms with van der Waals surface area (Å²) >= 11 is 0. The second-order valence-electron chi connectivity index (χ2n) is 6.16. The summed E-state index contributed by atoms with van der Waals surface area (Å²) in [5, 5.41) is 3.67. The van der Waals surface area contributed by atoms with Crippen molar-refractivity contribution in [3.05, 3.63) is 35.4 Å². The van der Waals surface area contributed by atoms with Crippen LogP contribution in [0.5, 0.6) is 0 Å². The third-order valence-electron chi connectivity index (χ3n) is 4.19. The monoisotopic (exact) mass is 289 g/mol. The Kier molecular flexibility index (Phi) is 10.2. The normalized spacial score (nSPS) is 12.5. The lowest BCUT2D eigenvalue weighted by molar-refractivity contribution is 0.476. The summed E-state index contributed by atoms with van der Waals surface area (Å²) in [6, 6.07) is 9.74. The van der Waals surface area contributed by atoms with Gasteiger partial charge >= 0.3 is 0 Å². The van der Waals surface area contributed by atoms with Crippen LogP contribution in [-0.4, -0.2) is 6.54 Å². The van der Waals surface area contributed by atoms with Crippen LogP contribution in [-0.2, 0) is 6.42 Å². The first kappa shape index (κ1) is 18.2. The molecule has 0 saturated heterocycles. The fourth-order valence-corrected chi connectivity index (χ4v) is 3.02. The molecule has 0 aliphatic heterocycles. The average Bonchev–Trinajstić information content (AvgIpc) is 2.50. The minimum atomic E-state index is 0.540. The van der Waals surface area contributed by atoms with Gasteiger partial charge in [0.25, 0.3) is 0 Å². The Morgan fingerprint density at radius 3 is 2.38 bits per heavy atom. The topological polar surface area (TPSA) is 12.0 Å². The van der Waals surface area contributed by atoms with Crippen LogP contribution in [0.2, 0.25) is 0 Å². The van der Waals surface area contributed by atoms with E-state index >= 15 is 0 Å². The molecule has 0 fully saturated rings. The van der Waals surface area contributed by atoms with Crippen molar-refractivity contribution < 1.29 is 0 Å². The van der Waals surface area contributed by atoms with Crippen molar-refractivity contribution in [2.24, 2.45) is 0 Å². The van der Waals surface area contributed by atoms with Gasteiger partial charge in [0.15, 0.2) is 0 Å². The van der Waals surface area contributed by atoms with Gasteiger partial charge in [-0.05, 0) is 30.5 Å². The van der Waals surface area contributed by atoms with E-state index in [9.17, 15) is 0 Å². The van der Waals surface area contributed by atoms with Gasteiger partial charge in [0.1, 0.15) is 0 Å². The highest BCUT2D eigenvalue weighted by molar-refractivity contribution is 5.26. The SMILES string of the molecule is CCCCCCCCC(NCC)c1cccc(CCC)c1. The van der Waals surface area contributed by atoms with E-state index < -0.39 is 0 Å². The number of benzene rings is 1. The Balaban J connectivity index is 2.46. The lowest BCUT2D eigenvalue weighted by atomic mass is 9.97.